The van der Waals surface area contributed by atoms with Crippen LogP contribution in [0.15, 0.2) is 48.5 Å². The minimum Gasteiger partial charge on any atom is -0.494 e. The number of hydrogen-bond donors (Lipinski definition) is 0. The monoisotopic (exact) mass is 421 g/mol. The van der Waals surface area contributed by atoms with Gasteiger partial charge in [0.15, 0.2) is 0 Å². The summed E-state index contributed by atoms with van der Waals surface area (Å²) in [5.41, 5.74) is 3.03. The molecule has 2 aromatic rings. The maximum atomic E-state index is 12.5. The number of benzene rings is 2. The summed E-state index contributed by atoms with van der Waals surface area (Å²) in [7, 11) is 4.33. The van der Waals surface area contributed by atoms with Crippen LogP contribution in [0.2, 0.25) is 0 Å². The zero-order valence-corrected chi connectivity index (χ0v) is 18.9. The van der Waals surface area contributed by atoms with E-state index in [0.29, 0.717) is 6.17 Å². The zero-order chi connectivity index (χ0) is 21.6. The standard InChI is InChI=1S/C26H35N3O2/c1-27(2)25-7-5-18-28(25)19-6-20-31-24-14-12-22(13-15-24)21-8-10-23(11-9-21)26(30)29-16-3-4-17-29/h8-15,25H,3-7,16-20H2,1-2H3. The number of ether oxygens (including phenoxy) is 1. The second-order valence-corrected chi connectivity index (χ2v) is 8.93. The van der Waals surface area contributed by atoms with Gasteiger partial charge in [0.2, 0.25) is 0 Å². The van der Waals surface area contributed by atoms with Crippen molar-refractivity contribution in [2.24, 2.45) is 0 Å². The maximum absolute atomic E-state index is 12.5. The zero-order valence-electron chi connectivity index (χ0n) is 18.9. The van der Waals surface area contributed by atoms with E-state index < -0.39 is 0 Å². The van der Waals surface area contributed by atoms with Crippen molar-refractivity contribution in [3.63, 3.8) is 0 Å². The van der Waals surface area contributed by atoms with Crippen molar-refractivity contribution in [2.45, 2.75) is 38.3 Å². The fourth-order valence-electron chi connectivity index (χ4n) is 4.76. The highest BCUT2D eigenvalue weighted by Gasteiger charge is 2.25. The Morgan fingerprint density at radius 1 is 0.935 bits per heavy atom. The lowest BCUT2D eigenvalue weighted by atomic mass is 10.0. The van der Waals surface area contributed by atoms with Crippen LogP contribution in [0.4, 0.5) is 0 Å². The molecule has 5 nitrogen and oxygen atoms in total. The van der Waals surface area contributed by atoms with E-state index in [1.165, 1.54) is 19.4 Å². The van der Waals surface area contributed by atoms with Crippen molar-refractivity contribution in [2.75, 3.05) is 46.9 Å². The number of hydrogen-bond acceptors (Lipinski definition) is 4. The molecule has 166 valence electrons. The van der Waals surface area contributed by atoms with Crippen molar-refractivity contribution in [1.82, 2.24) is 14.7 Å². The Hall–Kier alpha value is -2.37. The number of rotatable bonds is 8. The molecule has 2 fully saturated rings. The molecule has 1 amide bonds. The van der Waals surface area contributed by atoms with Crippen LogP contribution in [-0.2, 0) is 0 Å². The topological polar surface area (TPSA) is 36.0 Å². The predicted molar refractivity (Wildman–Crippen MR) is 125 cm³/mol. The van der Waals surface area contributed by atoms with Gasteiger partial charge in [-0.15, -0.1) is 0 Å². The van der Waals surface area contributed by atoms with E-state index in [1.54, 1.807) is 0 Å². The van der Waals surface area contributed by atoms with E-state index in [-0.39, 0.29) is 5.91 Å². The van der Waals surface area contributed by atoms with E-state index in [2.05, 4.69) is 36.0 Å². The molecule has 0 spiro atoms. The SMILES string of the molecule is CN(C)C1CCCN1CCCOc1ccc(-c2ccc(C(=O)N3CCCC3)cc2)cc1. The first-order valence-corrected chi connectivity index (χ1v) is 11.6. The van der Waals surface area contributed by atoms with Crippen molar-refractivity contribution in [3.8, 4) is 16.9 Å². The highest BCUT2D eigenvalue weighted by Crippen LogP contribution is 2.24. The molecule has 2 heterocycles. The van der Waals surface area contributed by atoms with Gasteiger partial charge in [-0.2, -0.15) is 0 Å². The summed E-state index contributed by atoms with van der Waals surface area (Å²) in [6.07, 6.45) is 6.41. The van der Waals surface area contributed by atoms with E-state index in [4.69, 9.17) is 4.74 Å². The van der Waals surface area contributed by atoms with Crippen LogP contribution < -0.4 is 4.74 Å². The fraction of sp³-hybridized carbons (Fsp3) is 0.500. The lowest BCUT2D eigenvalue weighted by Gasteiger charge is -2.29. The molecular weight excluding hydrogens is 386 g/mol. The highest BCUT2D eigenvalue weighted by molar-refractivity contribution is 5.94. The second-order valence-electron chi connectivity index (χ2n) is 8.93. The molecule has 0 aliphatic carbocycles. The van der Waals surface area contributed by atoms with Crippen LogP contribution in [0, 0.1) is 0 Å². The summed E-state index contributed by atoms with van der Waals surface area (Å²) in [5.74, 6) is 1.06. The normalized spacial score (nSPS) is 19.3. The molecule has 0 aromatic heterocycles. The molecule has 5 heteroatoms. The second kappa shape index (κ2) is 10.3. The molecule has 2 aromatic carbocycles. The largest absolute Gasteiger partial charge is 0.494 e. The summed E-state index contributed by atoms with van der Waals surface area (Å²) in [4.78, 5) is 19.3. The van der Waals surface area contributed by atoms with E-state index in [1.807, 2.05) is 41.3 Å². The number of carbonyl (C=O) groups is 1. The quantitative estimate of drug-likeness (QED) is 0.594. The number of nitrogens with zero attached hydrogens (tertiary/aromatic N) is 3. The summed E-state index contributed by atoms with van der Waals surface area (Å²) in [5, 5.41) is 0. The van der Waals surface area contributed by atoms with Crippen molar-refractivity contribution >= 4 is 5.91 Å². The molecule has 2 aliphatic heterocycles. The van der Waals surface area contributed by atoms with Crippen molar-refractivity contribution in [1.29, 1.82) is 0 Å². The van der Waals surface area contributed by atoms with Gasteiger partial charge in [-0.3, -0.25) is 14.6 Å². The fourth-order valence-corrected chi connectivity index (χ4v) is 4.76. The third-order valence-electron chi connectivity index (χ3n) is 6.50. The van der Waals surface area contributed by atoms with Gasteiger partial charge >= 0.3 is 0 Å². The molecule has 0 N–H and O–H groups in total. The van der Waals surface area contributed by atoms with Gasteiger partial charge in [-0.1, -0.05) is 24.3 Å². The van der Waals surface area contributed by atoms with Crippen molar-refractivity contribution in [3.05, 3.63) is 54.1 Å². The molecule has 2 aliphatic rings. The van der Waals surface area contributed by atoms with Gasteiger partial charge in [0.05, 0.1) is 12.8 Å². The summed E-state index contributed by atoms with van der Waals surface area (Å²) < 4.78 is 5.97. The van der Waals surface area contributed by atoms with Crippen LogP contribution in [0.5, 0.6) is 5.75 Å². The average molecular weight is 422 g/mol. The Bertz CT molecular complexity index is 842. The van der Waals surface area contributed by atoms with Crippen LogP contribution in [0.3, 0.4) is 0 Å². The molecule has 0 bridgehead atoms. The molecule has 0 saturated carbocycles. The Kier molecular flexibility index (Phi) is 7.25. The molecule has 1 unspecified atom stereocenters. The first kappa shape index (κ1) is 21.8. The third-order valence-corrected chi connectivity index (χ3v) is 6.50. The van der Waals surface area contributed by atoms with Gasteiger partial charge in [0, 0.05) is 25.2 Å². The van der Waals surface area contributed by atoms with E-state index in [0.717, 1.165) is 67.9 Å². The molecule has 0 radical (unpaired) electrons. The van der Waals surface area contributed by atoms with Crippen molar-refractivity contribution < 1.29 is 9.53 Å². The number of likely N-dealkylation sites (tertiary alicyclic amines) is 2. The third kappa shape index (κ3) is 5.46. The lowest BCUT2D eigenvalue weighted by Crippen LogP contribution is -2.41. The minimum absolute atomic E-state index is 0.152. The van der Waals surface area contributed by atoms with Crippen LogP contribution >= 0.6 is 0 Å². The Balaban J connectivity index is 1.25. The average Bonchev–Trinajstić information content (AvgIpc) is 3.49. The van der Waals surface area contributed by atoms with E-state index in [9.17, 15) is 4.79 Å². The highest BCUT2D eigenvalue weighted by atomic mass is 16.5. The Labute approximate surface area is 186 Å². The smallest absolute Gasteiger partial charge is 0.253 e. The van der Waals surface area contributed by atoms with Gasteiger partial charge in [-0.05, 0) is 88.1 Å². The Morgan fingerprint density at radius 3 is 2.23 bits per heavy atom. The summed E-state index contributed by atoms with van der Waals surface area (Å²) in [6.45, 7) is 4.79. The van der Waals surface area contributed by atoms with Crippen LogP contribution in [0.25, 0.3) is 11.1 Å². The number of amides is 1. The predicted octanol–water partition coefficient (Wildman–Crippen LogP) is 4.34. The van der Waals surface area contributed by atoms with Gasteiger partial charge in [0.1, 0.15) is 5.75 Å². The lowest BCUT2D eigenvalue weighted by molar-refractivity contribution is 0.0793. The maximum Gasteiger partial charge on any atom is 0.253 e. The number of carbonyl (C=O) groups excluding carboxylic acids is 1. The summed E-state index contributed by atoms with van der Waals surface area (Å²) >= 11 is 0. The molecular formula is C26H35N3O2. The minimum atomic E-state index is 0.152. The van der Waals surface area contributed by atoms with Crippen LogP contribution in [0.1, 0.15) is 42.5 Å². The molecule has 2 saturated heterocycles. The Morgan fingerprint density at radius 2 is 1.58 bits per heavy atom. The van der Waals surface area contributed by atoms with E-state index >= 15 is 0 Å². The van der Waals surface area contributed by atoms with Gasteiger partial charge < -0.3 is 9.64 Å². The van der Waals surface area contributed by atoms with Gasteiger partial charge in [-0.25, -0.2) is 0 Å². The first-order valence-electron chi connectivity index (χ1n) is 11.6. The van der Waals surface area contributed by atoms with Gasteiger partial charge in [0.25, 0.3) is 5.91 Å². The molecule has 31 heavy (non-hydrogen) atoms. The van der Waals surface area contributed by atoms with Crippen LogP contribution in [-0.4, -0.2) is 73.7 Å². The summed E-state index contributed by atoms with van der Waals surface area (Å²) in [6, 6.07) is 16.2. The molecule has 4 rings (SSSR count). The first-order chi connectivity index (χ1) is 15.1. The molecule has 1 atom stereocenters.